The zero-order valence-corrected chi connectivity index (χ0v) is 19.3. The van der Waals surface area contributed by atoms with Gasteiger partial charge in [0.25, 0.3) is 0 Å². The van der Waals surface area contributed by atoms with Gasteiger partial charge in [0.05, 0.1) is 24.6 Å². The number of carbonyl (C=O) groups excluding carboxylic acids is 1. The lowest BCUT2D eigenvalue weighted by Crippen LogP contribution is -2.09. The van der Waals surface area contributed by atoms with Gasteiger partial charge in [0.1, 0.15) is 24.7 Å². The minimum absolute atomic E-state index is 0.375. The number of esters is 1. The van der Waals surface area contributed by atoms with E-state index in [1.807, 2.05) is 60.0 Å². The molecule has 4 rings (SSSR count). The summed E-state index contributed by atoms with van der Waals surface area (Å²) in [4.78, 5) is 16.0. The Balaban J connectivity index is 1.19. The van der Waals surface area contributed by atoms with Gasteiger partial charge in [-0.25, -0.2) is 9.78 Å². The second-order valence-corrected chi connectivity index (χ2v) is 7.91. The first-order valence-corrected chi connectivity index (χ1v) is 11.4. The van der Waals surface area contributed by atoms with Gasteiger partial charge in [-0.3, -0.25) is 5.43 Å². The Labute approximate surface area is 201 Å². The zero-order valence-electron chi connectivity index (χ0n) is 18.5. The van der Waals surface area contributed by atoms with Gasteiger partial charge in [-0.15, -0.1) is 11.3 Å². The molecule has 0 atom stereocenters. The third kappa shape index (κ3) is 6.43. The summed E-state index contributed by atoms with van der Waals surface area (Å²) in [6.07, 6.45) is 1.73. The molecular formula is C26H23N3O4S. The van der Waals surface area contributed by atoms with Crippen LogP contribution in [0.25, 0.3) is 11.3 Å². The summed E-state index contributed by atoms with van der Waals surface area (Å²) in [7, 11) is 1.35. The molecule has 0 amide bonds. The maximum atomic E-state index is 11.4. The molecule has 0 spiro atoms. The van der Waals surface area contributed by atoms with Crippen molar-refractivity contribution in [3.8, 4) is 22.8 Å². The molecule has 0 saturated heterocycles. The normalized spacial score (nSPS) is 10.7. The molecule has 0 aliphatic rings. The van der Waals surface area contributed by atoms with Crippen LogP contribution in [0.5, 0.6) is 11.5 Å². The maximum absolute atomic E-state index is 11.4. The van der Waals surface area contributed by atoms with E-state index in [1.54, 1.807) is 30.5 Å². The number of hydrogen-bond acceptors (Lipinski definition) is 8. The number of methoxy groups -OCH3 is 1. The van der Waals surface area contributed by atoms with E-state index in [0.717, 1.165) is 27.7 Å². The van der Waals surface area contributed by atoms with Gasteiger partial charge in [0, 0.05) is 10.9 Å². The lowest BCUT2D eigenvalue weighted by molar-refractivity contribution is 0.0600. The first kappa shape index (κ1) is 23.0. The Morgan fingerprint density at radius 2 is 1.59 bits per heavy atom. The van der Waals surface area contributed by atoms with Gasteiger partial charge in [0.2, 0.25) is 5.13 Å². The molecule has 0 radical (unpaired) electrons. The highest BCUT2D eigenvalue weighted by Crippen LogP contribution is 2.24. The first-order valence-electron chi connectivity index (χ1n) is 10.6. The molecule has 8 heteroatoms. The fraction of sp³-hybridized carbons (Fsp3) is 0.115. The molecule has 172 valence electrons. The molecule has 0 bridgehead atoms. The summed E-state index contributed by atoms with van der Waals surface area (Å²) in [5.41, 5.74) is 6.38. The van der Waals surface area contributed by atoms with Crippen molar-refractivity contribution < 1.29 is 19.0 Å². The third-order valence-electron chi connectivity index (χ3n) is 4.72. The highest BCUT2D eigenvalue weighted by atomic mass is 32.1. The number of anilines is 1. The van der Waals surface area contributed by atoms with Gasteiger partial charge >= 0.3 is 5.97 Å². The fourth-order valence-corrected chi connectivity index (χ4v) is 3.67. The van der Waals surface area contributed by atoms with Crippen molar-refractivity contribution in [3.63, 3.8) is 0 Å². The predicted molar refractivity (Wildman–Crippen MR) is 134 cm³/mol. The molecule has 7 nitrogen and oxygen atoms in total. The Bertz CT molecular complexity index is 1220. The van der Waals surface area contributed by atoms with Crippen molar-refractivity contribution in [2.75, 3.05) is 25.7 Å². The van der Waals surface area contributed by atoms with E-state index in [0.29, 0.717) is 24.5 Å². The Morgan fingerprint density at radius 1 is 0.941 bits per heavy atom. The monoisotopic (exact) mass is 473 g/mol. The second-order valence-electron chi connectivity index (χ2n) is 7.06. The average molecular weight is 474 g/mol. The van der Waals surface area contributed by atoms with Gasteiger partial charge in [-0.05, 0) is 54.1 Å². The molecule has 0 aliphatic heterocycles. The number of hydrogen-bond donors (Lipinski definition) is 1. The molecule has 0 saturated carbocycles. The third-order valence-corrected chi connectivity index (χ3v) is 5.47. The SMILES string of the molecule is COC(=O)c1ccc(OCCOc2ccc(C=NNc3nc(-c4ccccc4)cs3)cc2)cc1. The van der Waals surface area contributed by atoms with Crippen molar-refractivity contribution in [3.05, 3.63) is 95.4 Å². The molecule has 1 N–H and O–H groups in total. The van der Waals surface area contributed by atoms with Crippen LogP contribution in [0, 0.1) is 0 Å². The molecule has 0 fully saturated rings. The number of aromatic nitrogens is 1. The number of ether oxygens (including phenoxy) is 3. The van der Waals surface area contributed by atoms with Crippen molar-refractivity contribution in [1.82, 2.24) is 4.98 Å². The summed E-state index contributed by atoms with van der Waals surface area (Å²) < 4.78 is 16.0. The predicted octanol–water partition coefficient (Wildman–Crippen LogP) is 5.50. The fourth-order valence-electron chi connectivity index (χ4n) is 3.00. The molecular weight excluding hydrogens is 450 g/mol. The van der Waals surface area contributed by atoms with E-state index in [-0.39, 0.29) is 5.97 Å². The number of hydrazone groups is 1. The first-order chi connectivity index (χ1) is 16.7. The molecule has 34 heavy (non-hydrogen) atoms. The molecule has 3 aromatic carbocycles. The maximum Gasteiger partial charge on any atom is 0.337 e. The number of nitrogens with zero attached hydrogens (tertiary/aromatic N) is 2. The molecule has 0 aliphatic carbocycles. The van der Waals surface area contributed by atoms with Gasteiger partial charge < -0.3 is 14.2 Å². The largest absolute Gasteiger partial charge is 0.490 e. The summed E-state index contributed by atoms with van der Waals surface area (Å²) >= 11 is 1.51. The Morgan fingerprint density at radius 3 is 2.24 bits per heavy atom. The number of benzene rings is 3. The number of nitrogens with one attached hydrogen (secondary N) is 1. The van der Waals surface area contributed by atoms with Crippen LogP contribution in [0.2, 0.25) is 0 Å². The lowest BCUT2D eigenvalue weighted by atomic mass is 10.2. The summed E-state index contributed by atoms with van der Waals surface area (Å²) in [6.45, 7) is 0.769. The molecule has 1 heterocycles. The lowest BCUT2D eigenvalue weighted by Gasteiger charge is -2.09. The quantitative estimate of drug-likeness (QED) is 0.142. The van der Waals surface area contributed by atoms with Crippen LogP contribution >= 0.6 is 11.3 Å². The summed E-state index contributed by atoms with van der Waals surface area (Å²) in [5.74, 6) is 1.02. The summed E-state index contributed by atoms with van der Waals surface area (Å²) in [6, 6.07) is 24.4. The van der Waals surface area contributed by atoms with Crippen molar-refractivity contribution in [2.45, 2.75) is 0 Å². The minimum Gasteiger partial charge on any atom is -0.490 e. The number of thiazole rings is 1. The molecule has 0 unspecified atom stereocenters. The van der Waals surface area contributed by atoms with Gasteiger partial charge in [-0.2, -0.15) is 5.10 Å². The average Bonchev–Trinajstić information content (AvgIpc) is 3.37. The Hall–Kier alpha value is -4.17. The van der Waals surface area contributed by atoms with Crippen LogP contribution in [0.1, 0.15) is 15.9 Å². The van der Waals surface area contributed by atoms with E-state index in [2.05, 4.69) is 20.2 Å². The number of carbonyl (C=O) groups is 1. The smallest absolute Gasteiger partial charge is 0.337 e. The second kappa shape index (κ2) is 11.6. The molecule has 4 aromatic rings. The van der Waals surface area contributed by atoms with E-state index >= 15 is 0 Å². The molecule has 1 aromatic heterocycles. The highest BCUT2D eigenvalue weighted by molar-refractivity contribution is 7.14. The van der Waals surface area contributed by atoms with Crippen LogP contribution in [-0.4, -0.2) is 37.5 Å². The van der Waals surface area contributed by atoms with Crippen molar-refractivity contribution >= 4 is 28.7 Å². The standard InChI is InChI=1S/C26H23N3O4S/c1-31-25(30)21-9-13-23(14-10-21)33-16-15-32-22-11-7-19(8-12-22)17-27-29-26-28-24(18-34-26)20-5-3-2-4-6-20/h2-14,17-18H,15-16H2,1H3,(H,28,29). The van der Waals surface area contributed by atoms with Crippen LogP contribution in [0.3, 0.4) is 0 Å². The van der Waals surface area contributed by atoms with Crippen molar-refractivity contribution in [2.24, 2.45) is 5.10 Å². The van der Waals surface area contributed by atoms with Crippen LogP contribution in [-0.2, 0) is 4.74 Å². The topological polar surface area (TPSA) is 82.0 Å². The van der Waals surface area contributed by atoms with E-state index in [4.69, 9.17) is 9.47 Å². The highest BCUT2D eigenvalue weighted by Gasteiger charge is 2.05. The van der Waals surface area contributed by atoms with Gasteiger partial charge in [-0.1, -0.05) is 30.3 Å². The van der Waals surface area contributed by atoms with E-state index < -0.39 is 0 Å². The van der Waals surface area contributed by atoms with E-state index in [9.17, 15) is 4.79 Å². The van der Waals surface area contributed by atoms with Crippen LogP contribution in [0.4, 0.5) is 5.13 Å². The van der Waals surface area contributed by atoms with Gasteiger partial charge in [0.15, 0.2) is 0 Å². The van der Waals surface area contributed by atoms with E-state index in [1.165, 1.54) is 18.4 Å². The zero-order chi connectivity index (χ0) is 23.6. The number of rotatable bonds is 10. The Kier molecular flexibility index (Phi) is 7.86. The minimum atomic E-state index is -0.375. The summed E-state index contributed by atoms with van der Waals surface area (Å²) in [5, 5.41) is 7.00. The van der Waals surface area contributed by atoms with Crippen molar-refractivity contribution in [1.29, 1.82) is 0 Å². The van der Waals surface area contributed by atoms with Crippen LogP contribution in [0.15, 0.2) is 89.3 Å². The van der Waals surface area contributed by atoms with Crippen LogP contribution < -0.4 is 14.9 Å².